The maximum absolute atomic E-state index is 13.3. The zero-order chi connectivity index (χ0) is 34.9. The predicted octanol–water partition coefficient (Wildman–Crippen LogP) is 4.83. The monoisotopic (exact) mass is 652 g/mol. The lowest BCUT2D eigenvalue weighted by molar-refractivity contribution is 0.0124. The van der Waals surface area contributed by atoms with E-state index in [0.29, 0.717) is 13.1 Å². The Morgan fingerprint density at radius 2 is 0.750 bits per heavy atom. The topological polar surface area (TPSA) is 142 Å². The molecule has 3 unspecified atom stereocenters. The molecule has 1 aromatic carbocycles. The van der Waals surface area contributed by atoms with Gasteiger partial charge in [0.1, 0.15) is 22.8 Å². The summed E-state index contributed by atoms with van der Waals surface area (Å²) in [5.41, 5.74) is 6.80. The molecule has 1 fully saturated rings. The van der Waals surface area contributed by atoms with E-state index in [0.717, 1.165) is 33.4 Å². The van der Waals surface area contributed by atoms with Gasteiger partial charge >= 0.3 is 0 Å². The zero-order valence-electron chi connectivity index (χ0n) is 29.3. The van der Waals surface area contributed by atoms with Crippen LogP contribution in [0, 0.1) is 63.2 Å². The van der Waals surface area contributed by atoms with Gasteiger partial charge in [-0.15, -0.1) is 0 Å². The van der Waals surface area contributed by atoms with Gasteiger partial charge in [-0.25, -0.2) is 9.97 Å². The van der Waals surface area contributed by atoms with Gasteiger partial charge in [0.2, 0.25) is 0 Å². The van der Waals surface area contributed by atoms with E-state index in [2.05, 4.69) is 58.9 Å². The first-order valence-electron chi connectivity index (χ1n) is 16.9. The van der Waals surface area contributed by atoms with Gasteiger partial charge in [-0.3, -0.25) is 19.2 Å². The van der Waals surface area contributed by atoms with Crippen molar-refractivity contribution in [1.29, 1.82) is 0 Å². The summed E-state index contributed by atoms with van der Waals surface area (Å²) >= 11 is 0. The number of rotatable bonds is 0. The highest BCUT2D eigenvalue weighted by atomic mass is 16.2. The molecule has 48 heavy (non-hydrogen) atoms. The highest BCUT2D eigenvalue weighted by molar-refractivity contribution is 5.97. The van der Waals surface area contributed by atoms with Gasteiger partial charge in [0.15, 0.2) is 0 Å². The molecule has 5 aliphatic rings. The first-order valence-corrected chi connectivity index (χ1v) is 16.9. The number of carbonyl (C=O) groups excluding carboxylic acids is 4. The van der Waals surface area contributed by atoms with Crippen molar-refractivity contribution >= 4 is 23.6 Å². The second-order valence-corrected chi connectivity index (χ2v) is 13.8. The van der Waals surface area contributed by atoms with Crippen LogP contribution < -0.4 is 21.3 Å². The lowest BCUT2D eigenvalue weighted by atomic mass is 9.58. The van der Waals surface area contributed by atoms with Crippen LogP contribution in [-0.2, 0) is 13.1 Å². The summed E-state index contributed by atoms with van der Waals surface area (Å²) < 4.78 is 0. The number of hydrogen-bond acceptors (Lipinski definition) is 6. The van der Waals surface area contributed by atoms with Gasteiger partial charge in [-0.05, 0) is 121 Å². The summed E-state index contributed by atoms with van der Waals surface area (Å²) in [7, 11) is 0. The van der Waals surface area contributed by atoms with Crippen molar-refractivity contribution in [2.75, 3.05) is 13.1 Å². The zero-order valence-corrected chi connectivity index (χ0v) is 29.3. The molecular formula is C38H48N6O4. The van der Waals surface area contributed by atoms with Crippen molar-refractivity contribution in [3.63, 3.8) is 0 Å². The molecule has 0 radical (unpaired) electrons. The summed E-state index contributed by atoms with van der Waals surface area (Å²) in [6.07, 6.45) is 0. The first-order chi connectivity index (χ1) is 22.8. The second-order valence-electron chi connectivity index (χ2n) is 13.8. The van der Waals surface area contributed by atoms with E-state index in [1.165, 1.54) is 0 Å². The smallest absolute Gasteiger partial charge is 0.270 e. The third kappa shape index (κ3) is 6.84. The highest BCUT2D eigenvalue weighted by Gasteiger charge is 2.43. The summed E-state index contributed by atoms with van der Waals surface area (Å²) in [6.45, 7) is 18.4. The van der Waals surface area contributed by atoms with E-state index in [4.69, 9.17) is 0 Å². The van der Waals surface area contributed by atoms with Crippen LogP contribution in [0.1, 0.15) is 103 Å². The number of pyridine rings is 2. The Kier molecular flexibility index (Phi) is 10.3. The molecule has 1 aliphatic carbocycles. The van der Waals surface area contributed by atoms with Crippen molar-refractivity contribution in [1.82, 2.24) is 31.2 Å². The average Bonchev–Trinajstić information content (AvgIpc) is 3.09. The van der Waals surface area contributed by atoms with E-state index >= 15 is 0 Å². The van der Waals surface area contributed by atoms with E-state index in [1.807, 2.05) is 27.7 Å². The molecule has 8 rings (SSSR count). The van der Waals surface area contributed by atoms with Crippen LogP contribution in [-0.4, -0.2) is 46.7 Å². The molecule has 4 N–H and O–H groups in total. The van der Waals surface area contributed by atoms with Gasteiger partial charge in [0.05, 0.1) is 0 Å². The Balaban J connectivity index is 1.47. The predicted molar refractivity (Wildman–Crippen MR) is 185 cm³/mol. The van der Waals surface area contributed by atoms with Crippen LogP contribution in [0.3, 0.4) is 0 Å². The van der Waals surface area contributed by atoms with Crippen LogP contribution in [0.4, 0.5) is 0 Å². The lowest BCUT2D eigenvalue weighted by Crippen LogP contribution is -2.50. The molecule has 1 saturated carbocycles. The summed E-state index contributed by atoms with van der Waals surface area (Å²) in [4.78, 5) is 61.9. The number of amides is 4. The Morgan fingerprint density at radius 3 is 1.04 bits per heavy atom. The van der Waals surface area contributed by atoms with Crippen molar-refractivity contribution in [2.24, 2.45) is 35.5 Å². The van der Waals surface area contributed by atoms with Gasteiger partial charge in [-0.1, -0.05) is 39.8 Å². The molecule has 4 aliphatic heterocycles. The first kappa shape index (κ1) is 34.7. The molecule has 10 nitrogen and oxygen atoms in total. The molecule has 3 aromatic rings. The number of benzene rings is 1. The lowest BCUT2D eigenvalue weighted by Gasteiger charge is -2.48. The molecule has 0 saturated heterocycles. The molecule has 254 valence electrons. The summed E-state index contributed by atoms with van der Waals surface area (Å²) in [5, 5.41) is 12.2. The van der Waals surface area contributed by atoms with E-state index in [-0.39, 0.29) is 95.0 Å². The molecule has 4 amide bonds. The van der Waals surface area contributed by atoms with Crippen molar-refractivity contribution in [2.45, 2.75) is 68.5 Å². The standard InChI is InChI=1S/C38H48N6O4/c1-19-20(2)28-16-40-36(46)32-12-10-14-34(44-32)38(48)42-18-30-25(7)23(5)29(24(6)26(30)8)17-41-37(47)33-13-9-11-31(43-33)35(45)39-15-27(19)21(3)22(28)4/h9-14,19-22,27-28H,15-18H2,1-8H3,(H,39,45)(H,40,46)(H,41,47)(H,42,48)/t19-,20+,21+,22?,27?,28?/m0/s1. The number of carbonyl (C=O) groups is 4. The number of nitrogens with one attached hydrogen (secondary N) is 4. The molecule has 0 spiro atoms. The molecular weight excluding hydrogens is 604 g/mol. The normalized spacial score (nSPS) is 25.6. The minimum atomic E-state index is -0.360. The van der Waals surface area contributed by atoms with Gasteiger partial charge in [0, 0.05) is 26.2 Å². The quantitative estimate of drug-likeness (QED) is 0.274. The number of nitrogens with zero attached hydrogens (tertiary/aromatic N) is 2. The van der Waals surface area contributed by atoms with E-state index in [9.17, 15) is 19.2 Å². The van der Waals surface area contributed by atoms with Gasteiger partial charge in [-0.2, -0.15) is 0 Å². The molecule has 6 heterocycles. The Hall–Kier alpha value is -4.60. The third-order valence-corrected chi connectivity index (χ3v) is 11.6. The van der Waals surface area contributed by atoms with Crippen LogP contribution in [0.5, 0.6) is 0 Å². The Labute approximate surface area is 283 Å². The number of aromatic nitrogens is 2. The average molecular weight is 653 g/mol. The van der Waals surface area contributed by atoms with Gasteiger partial charge < -0.3 is 21.3 Å². The Morgan fingerprint density at radius 1 is 0.479 bits per heavy atom. The van der Waals surface area contributed by atoms with Crippen LogP contribution in [0.2, 0.25) is 0 Å². The van der Waals surface area contributed by atoms with E-state index in [1.54, 1.807) is 36.4 Å². The van der Waals surface area contributed by atoms with Gasteiger partial charge in [0.25, 0.3) is 23.6 Å². The minimum absolute atomic E-state index is 0.177. The second kappa shape index (κ2) is 14.3. The minimum Gasteiger partial charge on any atom is -0.350 e. The fourth-order valence-corrected chi connectivity index (χ4v) is 7.75. The molecule has 6 atom stereocenters. The van der Waals surface area contributed by atoms with Crippen molar-refractivity contribution in [3.8, 4) is 0 Å². The molecule has 8 bridgehead atoms. The van der Waals surface area contributed by atoms with Crippen LogP contribution >= 0.6 is 0 Å². The third-order valence-electron chi connectivity index (χ3n) is 11.6. The molecule has 10 heteroatoms. The fraction of sp³-hybridized carbons (Fsp3) is 0.474. The molecule has 2 aromatic heterocycles. The highest BCUT2D eigenvalue weighted by Crippen LogP contribution is 2.45. The fourth-order valence-electron chi connectivity index (χ4n) is 7.75. The summed E-state index contributed by atoms with van der Waals surface area (Å²) in [5.74, 6) is 0.213. The maximum atomic E-state index is 13.3. The Bertz CT molecular complexity index is 1580. The van der Waals surface area contributed by atoms with Crippen LogP contribution in [0.25, 0.3) is 0 Å². The maximum Gasteiger partial charge on any atom is 0.270 e. The van der Waals surface area contributed by atoms with Crippen LogP contribution in [0.15, 0.2) is 36.4 Å². The summed E-state index contributed by atoms with van der Waals surface area (Å²) in [6, 6.07) is 9.84. The largest absolute Gasteiger partial charge is 0.350 e. The van der Waals surface area contributed by atoms with Crippen molar-refractivity contribution < 1.29 is 19.2 Å². The van der Waals surface area contributed by atoms with E-state index < -0.39 is 0 Å². The number of hydrogen-bond donors (Lipinski definition) is 4. The SMILES string of the molecule is Cc1c(C)c2c(C)c(C)c1CNC(=O)c1cccc(n1)C(=O)NCC1[C@H](C)C(C)C(CNC(=O)c3cccc(n3)C(=O)NC2)[C@H](C)[C@@H]1C. The van der Waals surface area contributed by atoms with Crippen molar-refractivity contribution in [3.05, 3.63) is 92.6 Å².